The zero-order chi connectivity index (χ0) is 17.3. The van der Waals surface area contributed by atoms with Crippen molar-refractivity contribution in [1.82, 2.24) is 4.90 Å². The molecule has 124 valence electrons. The Labute approximate surface area is 143 Å². The Hall–Kier alpha value is -2.60. The average Bonchev–Trinajstić information content (AvgIpc) is 3.14. The third kappa shape index (κ3) is 3.05. The summed E-state index contributed by atoms with van der Waals surface area (Å²) in [5.41, 5.74) is 0.443. The van der Waals surface area contributed by atoms with E-state index in [4.69, 9.17) is 16.0 Å². The van der Waals surface area contributed by atoms with Gasteiger partial charge < -0.3 is 9.32 Å². The SMILES string of the molecule is CC(=O)N(Cc1ccco1)C1CC(=O)N(c2ccc(Cl)cc2)C1=O. The average molecular weight is 347 g/mol. The van der Waals surface area contributed by atoms with Crippen molar-refractivity contribution < 1.29 is 18.8 Å². The lowest BCUT2D eigenvalue weighted by molar-refractivity contribution is -0.137. The van der Waals surface area contributed by atoms with Crippen LogP contribution in [0.3, 0.4) is 0 Å². The van der Waals surface area contributed by atoms with E-state index in [1.54, 1.807) is 36.4 Å². The van der Waals surface area contributed by atoms with Crippen LogP contribution in [-0.2, 0) is 20.9 Å². The Morgan fingerprint density at radius 3 is 2.58 bits per heavy atom. The first kappa shape index (κ1) is 16.3. The van der Waals surface area contributed by atoms with E-state index in [-0.39, 0.29) is 24.8 Å². The van der Waals surface area contributed by atoms with Crippen molar-refractivity contribution in [2.75, 3.05) is 4.90 Å². The Morgan fingerprint density at radius 1 is 1.29 bits per heavy atom. The van der Waals surface area contributed by atoms with Gasteiger partial charge in [-0.2, -0.15) is 0 Å². The summed E-state index contributed by atoms with van der Waals surface area (Å²) >= 11 is 5.84. The fourth-order valence-corrected chi connectivity index (χ4v) is 2.86. The molecule has 1 aliphatic heterocycles. The molecular formula is C17H15ClN2O4. The summed E-state index contributed by atoms with van der Waals surface area (Å²) in [6, 6.07) is 9.00. The summed E-state index contributed by atoms with van der Waals surface area (Å²) in [5.74, 6) is -0.520. The largest absolute Gasteiger partial charge is 0.467 e. The van der Waals surface area contributed by atoms with E-state index in [9.17, 15) is 14.4 Å². The van der Waals surface area contributed by atoms with Gasteiger partial charge in [-0.05, 0) is 36.4 Å². The summed E-state index contributed by atoms with van der Waals surface area (Å²) < 4.78 is 5.24. The summed E-state index contributed by atoms with van der Waals surface area (Å²) in [5, 5.41) is 0.512. The molecule has 2 heterocycles. The highest BCUT2D eigenvalue weighted by Crippen LogP contribution is 2.27. The van der Waals surface area contributed by atoms with Crippen molar-refractivity contribution in [1.29, 1.82) is 0 Å². The van der Waals surface area contributed by atoms with Crippen LogP contribution < -0.4 is 4.90 Å². The molecule has 2 aromatic rings. The van der Waals surface area contributed by atoms with E-state index in [2.05, 4.69) is 0 Å². The lowest BCUT2D eigenvalue weighted by Crippen LogP contribution is -2.44. The van der Waals surface area contributed by atoms with Crippen LogP contribution in [0.25, 0.3) is 0 Å². The van der Waals surface area contributed by atoms with Crippen LogP contribution in [-0.4, -0.2) is 28.7 Å². The fraction of sp³-hybridized carbons (Fsp3) is 0.235. The number of nitrogens with zero attached hydrogens (tertiary/aromatic N) is 2. The predicted molar refractivity (Wildman–Crippen MR) is 87.3 cm³/mol. The zero-order valence-electron chi connectivity index (χ0n) is 12.9. The molecule has 0 N–H and O–H groups in total. The van der Waals surface area contributed by atoms with Crippen LogP contribution in [0, 0.1) is 0 Å². The van der Waals surface area contributed by atoms with E-state index in [1.165, 1.54) is 18.1 Å². The Balaban J connectivity index is 1.86. The van der Waals surface area contributed by atoms with Gasteiger partial charge in [-0.1, -0.05) is 11.6 Å². The van der Waals surface area contributed by atoms with Crippen LogP contribution in [0.4, 0.5) is 5.69 Å². The molecule has 3 rings (SSSR count). The van der Waals surface area contributed by atoms with E-state index in [0.29, 0.717) is 16.5 Å². The third-order valence-corrected chi connectivity index (χ3v) is 4.15. The molecule has 1 fully saturated rings. The molecule has 0 radical (unpaired) electrons. The number of hydrogen-bond acceptors (Lipinski definition) is 4. The lowest BCUT2D eigenvalue weighted by Gasteiger charge is -2.25. The Bertz CT molecular complexity index is 770. The lowest BCUT2D eigenvalue weighted by atomic mass is 10.2. The second-order valence-corrected chi connectivity index (χ2v) is 5.93. The summed E-state index contributed by atoms with van der Waals surface area (Å²) in [7, 11) is 0. The molecule has 1 aliphatic rings. The molecule has 1 atom stereocenters. The van der Waals surface area contributed by atoms with Crippen molar-refractivity contribution in [2.45, 2.75) is 25.9 Å². The van der Waals surface area contributed by atoms with Crippen molar-refractivity contribution in [3.63, 3.8) is 0 Å². The van der Waals surface area contributed by atoms with Gasteiger partial charge in [0.1, 0.15) is 11.8 Å². The number of anilines is 1. The second-order valence-electron chi connectivity index (χ2n) is 5.49. The van der Waals surface area contributed by atoms with E-state index in [1.807, 2.05) is 0 Å². The van der Waals surface area contributed by atoms with Gasteiger partial charge in [-0.3, -0.25) is 14.4 Å². The van der Waals surface area contributed by atoms with Gasteiger partial charge in [0.2, 0.25) is 11.8 Å². The highest BCUT2D eigenvalue weighted by molar-refractivity contribution is 6.30. The predicted octanol–water partition coefficient (Wildman–Crippen LogP) is 2.61. The first-order valence-corrected chi connectivity index (χ1v) is 7.77. The normalized spacial score (nSPS) is 17.4. The molecule has 0 bridgehead atoms. The van der Waals surface area contributed by atoms with Crippen LogP contribution in [0.1, 0.15) is 19.1 Å². The maximum Gasteiger partial charge on any atom is 0.257 e. The van der Waals surface area contributed by atoms with Crippen molar-refractivity contribution in [3.8, 4) is 0 Å². The van der Waals surface area contributed by atoms with Crippen LogP contribution >= 0.6 is 11.6 Å². The minimum absolute atomic E-state index is 0.0538. The first-order chi connectivity index (χ1) is 11.5. The highest BCUT2D eigenvalue weighted by Gasteiger charge is 2.43. The number of imide groups is 1. The summed E-state index contributed by atoms with van der Waals surface area (Å²) in [4.78, 5) is 39.5. The molecule has 7 heteroatoms. The topological polar surface area (TPSA) is 70.8 Å². The number of carbonyl (C=O) groups is 3. The van der Waals surface area contributed by atoms with Crippen molar-refractivity contribution in [2.24, 2.45) is 0 Å². The molecule has 1 aromatic heterocycles. The molecule has 1 unspecified atom stereocenters. The molecule has 3 amide bonds. The van der Waals surface area contributed by atoms with E-state index >= 15 is 0 Å². The summed E-state index contributed by atoms with van der Waals surface area (Å²) in [6.45, 7) is 1.51. The monoisotopic (exact) mass is 346 g/mol. The van der Waals surface area contributed by atoms with E-state index < -0.39 is 11.9 Å². The van der Waals surface area contributed by atoms with Gasteiger partial charge in [0, 0.05) is 11.9 Å². The molecule has 24 heavy (non-hydrogen) atoms. The third-order valence-electron chi connectivity index (χ3n) is 3.89. The van der Waals surface area contributed by atoms with Gasteiger partial charge in [0.25, 0.3) is 5.91 Å². The zero-order valence-corrected chi connectivity index (χ0v) is 13.7. The number of halogens is 1. The van der Waals surface area contributed by atoms with Gasteiger partial charge in [0.05, 0.1) is 24.9 Å². The summed E-state index contributed by atoms with van der Waals surface area (Å²) in [6.07, 6.45) is 1.44. The standard InChI is InChI=1S/C17H15ClN2O4/c1-11(21)19(10-14-3-2-8-24-14)15-9-16(22)20(17(15)23)13-6-4-12(18)5-7-13/h2-8,15H,9-10H2,1H3. The Morgan fingerprint density at radius 2 is 2.00 bits per heavy atom. The smallest absolute Gasteiger partial charge is 0.257 e. The molecule has 0 spiro atoms. The number of benzene rings is 1. The number of furan rings is 1. The van der Waals surface area contributed by atoms with Gasteiger partial charge >= 0.3 is 0 Å². The molecular weight excluding hydrogens is 332 g/mol. The number of hydrogen-bond donors (Lipinski definition) is 0. The molecule has 0 saturated carbocycles. The number of rotatable bonds is 4. The minimum Gasteiger partial charge on any atom is -0.467 e. The van der Waals surface area contributed by atoms with Crippen LogP contribution in [0.15, 0.2) is 47.1 Å². The van der Waals surface area contributed by atoms with Gasteiger partial charge in [-0.15, -0.1) is 0 Å². The first-order valence-electron chi connectivity index (χ1n) is 7.39. The molecule has 1 saturated heterocycles. The van der Waals surface area contributed by atoms with Gasteiger partial charge in [0.15, 0.2) is 0 Å². The number of carbonyl (C=O) groups excluding carboxylic acids is 3. The van der Waals surface area contributed by atoms with Crippen LogP contribution in [0.5, 0.6) is 0 Å². The van der Waals surface area contributed by atoms with Gasteiger partial charge in [-0.25, -0.2) is 4.90 Å². The minimum atomic E-state index is -0.837. The van der Waals surface area contributed by atoms with Crippen molar-refractivity contribution >= 4 is 35.0 Å². The fourth-order valence-electron chi connectivity index (χ4n) is 2.73. The van der Waals surface area contributed by atoms with Crippen LogP contribution in [0.2, 0.25) is 5.02 Å². The second kappa shape index (κ2) is 6.49. The maximum absolute atomic E-state index is 12.7. The van der Waals surface area contributed by atoms with Crippen molar-refractivity contribution in [3.05, 3.63) is 53.4 Å². The van der Waals surface area contributed by atoms with E-state index in [0.717, 1.165) is 4.90 Å². The maximum atomic E-state index is 12.7. The molecule has 6 nitrogen and oxygen atoms in total. The highest BCUT2D eigenvalue weighted by atomic mass is 35.5. The number of amides is 3. The Kier molecular flexibility index (Phi) is 4.40. The molecule has 1 aromatic carbocycles. The quantitative estimate of drug-likeness (QED) is 0.798. The molecule has 0 aliphatic carbocycles.